The molecule has 0 aromatic carbocycles. The van der Waals surface area contributed by atoms with Crippen molar-refractivity contribution in [2.45, 2.75) is 148 Å². The zero-order chi connectivity index (χ0) is 27.4. The van der Waals surface area contributed by atoms with Crippen LogP contribution in [0.1, 0.15) is 124 Å². The SMILES string of the molecule is C[C@@H](CO)CCC1O[C@H]2C[C@H]3[C@@H]4CC[C@@H]5C[C@@H](NC(=O)NC6CCCCC6)CC[C@]5(C)[C@H]4CC[C@]3(C)[C@H]2[C@@H]1C. The molecule has 39 heavy (non-hydrogen) atoms. The molecule has 0 aromatic rings. The zero-order valence-electron chi connectivity index (χ0n) is 25.4. The lowest BCUT2D eigenvalue weighted by Crippen LogP contribution is -2.56. The van der Waals surface area contributed by atoms with Crippen LogP contribution in [0.4, 0.5) is 4.79 Å². The molecule has 1 aliphatic heterocycles. The highest BCUT2D eigenvalue weighted by Crippen LogP contribution is 2.70. The molecule has 222 valence electrons. The predicted molar refractivity (Wildman–Crippen MR) is 156 cm³/mol. The lowest BCUT2D eigenvalue weighted by atomic mass is 9.44. The van der Waals surface area contributed by atoms with Gasteiger partial charge in [-0.15, -0.1) is 0 Å². The number of carbonyl (C=O) groups excluding carboxylic acids is 1. The van der Waals surface area contributed by atoms with E-state index in [2.05, 4.69) is 38.3 Å². The number of hydrogen-bond acceptors (Lipinski definition) is 3. The van der Waals surface area contributed by atoms with Gasteiger partial charge in [-0.1, -0.05) is 47.0 Å². The Bertz CT molecular complexity index is 875. The predicted octanol–water partition coefficient (Wildman–Crippen LogP) is 7.07. The number of hydrogen-bond donors (Lipinski definition) is 3. The first-order valence-electron chi connectivity index (χ1n) is 17.1. The average Bonchev–Trinajstić information content (AvgIpc) is 3.40. The molecular formula is C34H58N2O3. The minimum absolute atomic E-state index is 0.0911. The van der Waals surface area contributed by atoms with Gasteiger partial charge in [-0.3, -0.25) is 0 Å². The molecule has 0 radical (unpaired) electrons. The number of aliphatic hydroxyl groups excluding tert-OH is 1. The zero-order valence-corrected chi connectivity index (χ0v) is 25.4. The van der Waals surface area contributed by atoms with Crippen LogP contribution >= 0.6 is 0 Å². The Hall–Kier alpha value is -0.810. The molecule has 3 N–H and O–H groups in total. The van der Waals surface area contributed by atoms with Crippen LogP contribution in [-0.2, 0) is 4.74 Å². The molecule has 6 fully saturated rings. The summed E-state index contributed by atoms with van der Waals surface area (Å²) in [6, 6.07) is 0.826. The van der Waals surface area contributed by atoms with E-state index >= 15 is 0 Å². The Morgan fingerprint density at radius 2 is 1.67 bits per heavy atom. The van der Waals surface area contributed by atoms with Crippen LogP contribution in [-0.4, -0.2) is 42.0 Å². The number of ether oxygens (including phenoxy) is 1. The highest BCUT2D eigenvalue weighted by atomic mass is 16.5. The normalized spacial score (nSPS) is 48.4. The van der Waals surface area contributed by atoms with Crippen molar-refractivity contribution in [2.24, 2.45) is 52.3 Å². The molecule has 12 atom stereocenters. The molecule has 2 amide bonds. The molecule has 0 aromatic heterocycles. The maximum atomic E-state index is 12.8. The summed E-state index contributed by atoms with van der Waals surface area (Å²) in [6.07, 6.45) is 19.6. The third kappa shape index (κ3) is 5.08. The van der Waals surface area contributed by atoms with Crippen molar-refractivity contribution < 1.29 is 14.6 Å². The second kappa shape index (κ2) is 11.1. The van der Waals surface area contributed by atoms with Crippen LogP contribution in [0.25, 0.3) is 0 Å². The summed E-state index contributed by atoms with van der Waals surface area (Å²) >= 11 is 0. The monoisotopic (exact) mass is 542 g/mol. The molecule has 1 heterocycles. The van der Waals surface area contributed by atoms with Gasteiger partial charge in [0.05, 0.1) is 12.2 Å². The summed E-state index contributed by atoms with van der Waals surface area (Å²) in [5, 5.41) is 16.2. The van der Waals surface area contributed by atoms with Gasteiger partial charge in [-0.25, -0.2) is 4.79 Å². The van der Waals surface area contributed by atoms with Gasteiger partial charge < -0.3 is 20.5 Å². The van der Waals surface area contributed by atoms with Gasteiger partial charge in [0, 0.05) is 18.7 Å². The molecule has 5 aliphatic carbocycles. The van der Waals surface area contributed by atoms with Crippen molar-refractivity contribution in [3.05, 3.63) is 0 Å². The van der Waals surface area contributed by atoms with E-state index in [1.165, 1.54) is 64.2 Å². The maximum absolute atomic E-state index is 12.8. The summed E-state index contributed by atoms with van der Waals surface area (Å²) in [7, 11) is 0. The molecule has 0 bridgehead atoms. The quantitative estimate of drug-likeness (QED) is 0.336. The summed E-state index contributed by atoms with van der Waals surface area (Å²) in [4.78, 5) is 12.8. The largest absolute Gasteiger partial charge is 0.396 e. The minimum Gasteiger partial charge on any atom is -0.396 e. The molecule has 1 saturated heterocycles. The van der Waals surface area contributed by atoms with Crippen LogP contribution in [0.2, 0.25) is 0 Å². The standard InChI is InChI=1S/C34H58N2O3/c1-21(20-37)10-13-29-22(2)31-30(39-29)19-28-26-12-11-23-18-25(36-32(38)35-24-8-6-5-7-9-24)14-16-33(23,3)27(26)15-17-34(28,31)4/h21-31,37H,5-20H2,1-4H3,(H2,35,36,38)/t21-,22-,23-,25+,26-,27+,28+,29?,30+,31+,33+,34+/m1/s1. The van der Waals surface area contributed by atoms with E-state index in [0.29, 0.717) is 59.5 Å². The first kappa shape index (κ1) is 28.3. The molecule has 1 unspecified atom stereocenters. The second-order valence-corrected chi connectivity index (χ2v) is 15.8. The molecule has 6 rings (SSSR count). The molecule has 0 spiro atoms. The van der Waals surface area contributed by atoms with Crippen LogP contribution in [0.5, 0.6) is 0 Å². The van der Waals surface area contributed by atoms with Gasteiger partial charge in [0.25, 0.3) is 0 Å². The van der Waals surface area contributed by atoms with Gasteiger partial charge in [-0.2, -0.15) is 0 Å². The number of rotatable bonds is 6. The van der Waals surface area contributed by atoms with Gasteiger partial charge in [-0.05, 0) is 129 Å². The third-order valence-corrected chi connectivity index (χ3v) is 13.8. The Balaban J connectivity index is 1.07. The van der Waals surface area contributed by atoms with Crippen molar-refractivity contribution in [2.75, 3.05) is 6.61 Å². The van der Waals surface area contributed by atoms with Crippen molar-refractivity contribution in [3.8, 4) is 0 Å². The van der Waals surface area contributed by atoms with Crippen LogP contribution in [0, 0.1) is 52.3 Å². The van der Waals surface area contributed by atoms with Crippen LogP contribution < -0.4 is 10.6 Å². The second-order valence-electron chi connectivity index (χ2n) is 15.8. The number of aliphatic hydroxyl groups is 1. The van der Waals surface area contributed by atoms with Crippen LogP contribution in [0.3, 0.4) is 0 Å². The van der Waals surface area contributed by atoms with Gasteiger partial charge in [0.1, 0.15) is 0 Å². The third-order valence-electron chi connectivity index (χ3n) is 13.8. The Morgan fingerprint density at radius 3 is 2.44 bits per heavy atom. The van der Waals surface area contributed by atoms with Crippen molar-refractivity contribution in [1.82, 2.24) is 10.6 Å². The lowest BCUT2D eigenvalue weighted by molar-refractivity contribution is -0.118. The van der Waals surface area contributed by atoms with Gasteiger partial charge in [0.2, 0.25) is 0 Å². The first-order chi connectivity index (χ1) is 18.7. The van der Waals surface area contributed by atoms with Gasteiger partial charge >= 0.3 is 6.03 Å². The van der Waals surface area contributed by atoms with Gasteiger partial charge in [0.15, 0.2) is 0 Å². The summed E-state index contributed by atoms with van der Waals surface area (Å²) in [5.74, 6) is 5.02. The number of amides is 2. The highest BCUT2D eigenvalue weighted by molar-refractivity contribution is 5.74. The van der Waals surface area contributed by atoms with Crippen molar-refractivity contribution >= 4 is 6.03 Å². The number of carbonyl (C=O) groups is 1. The lowest BCUT2D eigenvalue weighted by Gasteiger charge is -2.61. The Morgan fingerprint density at radius 1 is 0.923 bits per heavy atom. The molecule has 5 nitrogen and oxygen atoms in total. The fourth-order valence-electron chi connectivity index (χ4n) is 11.6. The highest BCUT2D eigenvalue weighted by Gasteiger charge is 2.65. The van der Waals surface area contributed by atoms with E-state index in [0.717, 1.165) is 55.8 Å². The average molecular weight is 543 g/mol. The van der Waals surface area contributed by atoms with E-state index in [1.54, 1.807) is 0 Å². The summed E-state index contributed by atoms with van der Waals surface area (Å²) in [5.41, 5.74) is 0.872. The summed E-state index contributed by atoms with van der Waals surface area (Å²) in [6.45, 7) is 10.2. The van der Waals surface area contributed by atoms with Crippen LogP contribution in [0.15, 0.2) is 0 Å². The molecule has 5 saturated carbocycles. The maximum Gasteiger partial charge on any atom is 0.315 e. The van der Waals surface area contributed by atoms with E-state index in [9.17, 15) is 9.90 Å². The first-order valence-corrected chi connectivity index (χ1v) is 17.1. The topological polar surface area (TPSA) is 70.6 Å². The van der Waals surface area contributed by atoms with Crippen molar-refractivity contribution in [1.29, 1.82) is 0 Å². The van der Waals surface area contributed by atoms with E-state index in [1.807, 2.05) is 0 Å². The minimum atomic E-state index is 0.0911. The number of nitrogens with one attached hydrogen (secondary N) is 2. The van der Waals surface area contributed by atoms with E-state index < -0.39 is 0 Å². The number of fused-ring (bicyclic) bond motifs is 7. The Kier molecular flexibility index (Phi) is 8.07. The smallest absolute Gasteiger partial charge is 0.315 e. The fraction of sp³-hybridized carbons (Fsp3) is 0.971. The molecule has 6 aliphatic rings. The summed E-state index contributed by atoms with van der Waals surface area (Å²) < 4.78 is 6.84. The molecule has 5 heteroatoms. The van der Waals surface area contributed by atoms with Crippen molar-refractivity contribution in [3.63, 3.8) is 0 Å². The van der Waals surface area contributed by atoms with E-state index in [4.69, 9.17) is 4.74 Å². The number of urea groups is 1. The Labute approximate surface area is 238 Å². The van der Waals surface area contributed by atoms with E-state index in [-0.39, 0.29) is 6.03 Å². The fourth-order valence-corrected chi connectivity index (χ4v) is 11.6. The molecular weight excluding hydrogens is 484 g/mol.